The van der Waals surface area contributed by atoms with E-state index >= 15 is 0 Å². The number of carbonyl (C=O) groups is 2. The summed E-state index contributed by atoms with van der Waals surface area (Å²) in [6.45, 7) is 0.819. The molecule has 0 radical (unpaired) electrons. The van der Waals surface area contributed by atoms with E-state index in [2.05, 4.69) is 4.98 Å². The minimum Gasteiger partial charge on any atom is -0.336 e. The molecule has 2 aliphatic rings. The fourth-order valence-electron chi connectivity index (χ4n) is 3.46. The Hall–Kier alpha value is -2.12. The van der Waals surface area contributed by atoms with Crippen molar-refractivity contribution in [3.05, 3.63) is 30.1 Å². The molecule has 2 amide bonds. The summed E-state index contributed by atoms with van der Waals surface area (Å²) in [4.78, 5) is 31.6. The molecule has 1 aromatic rings. The van der Waals surface area contributed by atoms with E-state index in [1.807, 2.05) is 0 Å². The molecule has 1 aliphatic heterocycles. The quantitative estimate of drug-likeness (QED) is 0.775. The average Bonchev–Trinajstić information content (AvgIpc) is 3.37. The Morgan fingerprint density at radius 3 is 2.69 bits per heavy atom. The number of hydrogen-bond donors (Lipinski definition) is 0. The topological polar surface area (TPSA) is 53.5 Å². The Balaban J connectivity index is 1.68. The summed E-state index contributed by atoms with van der Waals surface area (Å²) in [5, 5.41) is 0. The number of carbonyl (C=O) groups excluding carboxylic acids is 2. The van der Waals surface area contributed by atoms with E-state index < -0.39 is 30.6 Å². The van der Waals surface area contributed by atoms with Gasteiger partial charge < -0.3 is 9.80 Å². The van der Waals surface area contributed by atoms with Gasteiger partial charge in [-0.15, -0.1) is 0 Å². The van der Waals surface area contributed by atoms with Gasteiger partial charge in [0.25, 0.3) is 0 Å². The van der Waals surface area contributed by atoms with Crippen LogP contribution in [0.5, 0.6) is 0 Å². The first-order valence-electron chi connectivity index (χ1n) is 8.79. The van der Waals surface area contributed by atoms with Crippen molar-refractivity contribution in [1.29, 1.82) is 0 Å². The van der Waals surface area contributed by atoms with Crippen molar-refractivity contribution in [2.24, 2.45) is 11.8 Å². The average molecular weight is 369 g/mol. The lowest BCUT2D eigenvalue weighted by Gasteiger charge is -2.32. The molecule has 0 bridgehead atoms. The van der Waals surface area contributed by atoms with Gasteiger partial charge in [-0.3, -0.25) is 14.6 Å². The third-order valence-corrected chi connectivity index (χ3v) is 5.07. The highest BCUT2D eigenvalue weighted by molar-refractivity contribution is 5.89. The highest BCUT2D eigenvalue weighted by Gasteiger charge is 2.44. The Morgan fingerprint density at radius 1 is 1.38 bits per heavy atom. The number of rotatable bonds is 6. The monoisotopic (exact) mass is 369 g/mol. The van der Waals surface area contributed by atoms with E-state index in [0.717, 1.165) is 17.7 Å². The lowest BCUT2D eigenvalue weighted by molar-refractivity contribution is -0.168. The molecule has 2 fully saturated rings. The SMILES string of the molecule is C[C@H](C1CC1)N(CC(F)(F)F)C(=O)[C@H]1CC(=O)N(Cc2ccccn2)C1. The Bertz CT molecular complexity index is 661. The van der Waals surface area contributed by atoms with E-state index in [1.165, 1.54) is 4.90 Å². The molecular weight excluding hydrogens is 347 g/mol. The molecule has 0 N–H and O–H groups in total. The van der Waals surface area contributed by atoms with Crippen LogP contribution < -0.4 is 0 Å². The molecule has 142 valence electrons. The van der Waals surface area contributed by atoms with Crippen LogP contribution in [0.2, 0.25) is 0 Å². The van der Waals surface area contributed by atoms with Gasteiger partial charge in [-0.2, -0.15) is 13.2 Å². The van der Waals surface area contributed by atoms with E-state index in [-0.39, 0.29) is 31.3 Å². The molecule has 1 aromatic heterocycles. The minimum atomic E-state index is -4.45. The standard InChI is InChI=1S/C18H22F3N3O2/c1-12(13-5-6-13)24(11-18(19,20)21)17(26)14-8-16(25)23(9-14)10-15-4-2-3-7-22-15/h2-4,7,12-14H,5-6,8-11H2,1H3/t12-,14+/m1/s1. The first-order valence-corrected chi connectivity index (χ1v) is 8.79. The van der Waals surface area contributed by atoms with E-state index in [9.17, 15) is 22.8 Å². The fourth-order valence-corrected chi connectivity index (χ4v) is 3.46. The molecule has 1 aliphatic carbocycles. The van der Waals surface area contributed by atoms with Crippen LogP contribution in [0.3, 0.4) is 0 Å². The number of amides is 2. The summed E-state index contributed by atoms with van der Waals surface area (Å²) in [6.07, 6.45) is -1.19. The van der Waals surface area contributed by atoms with Crippen molar-refractivity contribution in [2.45, 2.75) is 44.9 Å². The van der Waals surface area contributed by atoms with Crippen molar-refractivity contribution in [1.82, 2.24) is 14.8 Å². The minimum absolute atomic E-state index is 0.0442. The van der Waals surface area contributed by atoms with Gasteiger partial charge >= 0.3 is 6.18 Å². The van der Waals surface area contributed by atoms with Gasteiger partial charge in [0.2, 0.25) is 11.8 Å². The molecule has 2 atom stereocenters. The predicted molar refractivity (Wildman–Crippen MR) is 87.7 cm³/mol. The Kier molecular flexibility index (Phi) is 5.20. The van der Waals surface area contributed by atoms with Gasteiger partial charge in [0.1, 0.15) is 6.54 Å². The zero-order chi connectivity index (χ0) is 18.9. The van der Waals surface area contributed by atoms with Crippen LogP contribution in [-0.4, -0.2) is 51.9 Å². The maximum absolute atomic E-state index is 13.0. The second-order valence-corrected chi connectivity index (χ2v) is 7.16. The van der Waals surface area contributed by atoms with E-state index in [0.29, 0.717) is 5.69 Å². The van der Waals surface area contributed by atoms with Crippen LogP contribution in [0.1, 0.15) is 31.9 Å². The molecule has 1 saturated carbocycles. The lowest BCUT2D eigenvalue weighted by Crippen LogP contribution is -2.48. The summed E-state index contributed by atoms with van der Waals surface area (Å²) in [7, 11) is 0. The van der Waals surface area contributed by atoms with Crippen molar-refractivity contribution < 1.29 is 22.8 Å². The van der Waals surface area contributed by atoms with Crippen molar-refractivity contribution in [3.8, 4) is 0 Å². The zero-order valence-corrected chi connectivity index (χ0v) is 14.6. The second-order valence-electron chi connectivity index (χ2n) is 7.16. The van der Waals surface area contributed by atoms with Gasteiger partial charge in [-0.1, -0.05) is 6.07 Å². The van der Waals surface area contributed by atoms with Crippen molar-refractivity contribution in [3.63, 3.8) is 0 Å². The molecule has 1 saturated heterocycles. The molecule has 3 rings (SSSR count). The molecule has 5 nitrogen and oxygen atoms in total. The largest absolute Gasteiger partial charge is 0.406 e. The lowest BCUT2D eigenvalue weighted by atomic mass is 10.0. The third-order valence-electron chi connectivity index (χ3n) is 5.07. The van der Waals surface area contributed by atoms with Gasteiger partial charge in [0.05, 0.1) is 18.2 Å². The fraction of sp³-hybridized carbons (Fsp3) is 0.611. The third kappa shape index (κ3) is 4.53. The second kappa shape index (κ2) is 7.25. The van der Waals surface area contributed by atoms with Crippen LogP contribution in [0.25, 0.3) is 0 Å². The van der Waals surface area contributed by atoms with Crippen molar-refractivity contribution >= 4 is 11.8 Å². The highest BCUT2D eigenvalue weighted by Crippen LogP contribution is 2.37. The zero-order valence-electron chi connectivity index (χ0n) is 14.6. The Morgan fingerprint density at radius 2 is 2.12 bits per heavy atom. The summed E-state index contributed by atoms with van der Waals surface area (Å²) < 4.78 is 38.9. The highest BCUT2D eigenvalue weighted by atomic mass is 19.4. The molecule has 26 heavy (non-hydrogen) atoms. The number of halogens is 3. The maximum atomic E-state index is 13.0. The molecule has 0 spiro atoms. The first kappa shape index (κ1) is 18.7. The molecule has 8 heteroatoms. The van der Waals surface area contributed by atoms with E-state index in [4.69, 9.17) is 0 Å². The van der Waals surface area contributed by atoms with Gasteiger partial charge in [-0.05, 0) is 37.8 Å². The van der Waals surface area contributed by atoms with Crippen LogP contribution in [0.4, 0.5) is 13.2 Å². The number of hydrogen-bond acceptors (Lipinski definition) is 3. The first-order chi connectivity index (χ1) is 12.2. The number of likely N-dealkylation sites (tertiary alicyclic amines) is 1. The van der Waals surface area contributed by atoms with Crippen molar-refractivity contribution in [2.75, 3.05) is 13.1 Å². The molecule has 0 aromatic carbocycles. The summed E-state index contributed by atoms with van der Waals surface area (Å²) in [5.74, 6) is -1.39. The maximum Gasteiger partial charge on any atom is 0.406 e. The van der Waals surface area contributed by atoms with Gasteiger partial charge in [0.15, 0.2) is 0 Å². The number of nitrogens with zero attached hydrogens (tertiary/aromatic N) is 3. The smallest absolute Gasteiger partial charge is 0.336 e. The van der Waals surface area contributed by atoms with Crippen LogP contribution >= 0.6 is 0 Å². The molecule has 0 unspecified atom stereocenters. The number of aromatic nitrogens is 1. The number of pyridine rings is 1. The van der Waals surface area contributed by atoms with Crippen LogP contribution in [0, 0.1) is 11.8 Å². The molecular formula is C18H22F3N3O2. The van der Waals surface area contributed by atoms with Gasteiger partial charge in [0, 0.05) is 25.2 Å². The number of alkyl halides is 3. The summed E-state index contributed by atoms with van der Waals surface area (Å²) in [5.41, 5.74) is 0.687. The van der Waals surface area contributed by atoms with Crippen LogP contribution in [-0.2, 0) is 16.1 Å². The molecule has 2 heterocycles. The summed E-state index contributed by atoms with van der Waals surface area (Å²) in [6, 6.07) is 4.88. The van der Waals surface area contributed by atoms with Crippen LogP contribution in [0.15, 0.2) is 24.4 Å². The normalized spacial score (nSPS) is 21.8. The predicted octanol–water partition coefficient (Wildman–Crippen LogP) is 2.62. The Labute approximate surface area is 150 Å². The van der Waals surface area contributed by atoms with Gasteiger partial charge in [-0.25, -0.2) is 0 Å². The summed E-state index contributed by atoms with van der Waals surface area (Å²) >= 11 is 0. The van der Waals surface area contributed by atoms with E-state index in [1.54, 1.807) is 31.3 Å².